The Morgan fingerprint density at radius 2 is 2.04 bits per heavy atom. The van der Waals surface area contributed by atoms with Gasteiger partial charge in [-0.2, -0.15) is 0 Å². The van der Waals surface area contributed by atoms with E-state index in [0.29, 0.717) is 0 Å². The fourth-order valence-electron chi connectivity index (χ4n) is 2.80. The molecule has 0 radical (unpaired) electrons. The molecule has 2 N–H and O–H groups in total. The lowest BCUT2D eigenvalue weighted by Crippen LogP contribution is -2.01. The van der Waals surface area contributed by atoms with Crippen LogP contribution in [0.4, 0.5) is 5.69 Å². The maximum atomic E-state index is 5.58. The Morgan fingerprint density at radius 3 is 2.91 bits per heavy atom. The molecule has 3 nitrogen and oxygen atoms in total. The van der Waals surface area contributed by atoms with Gasteiger partial charge in [0.15, 0.2) is 0 Å². The maximum Gasteiger partial charge on any atom is 0.137 e. The number of nitrogens with zero attached hydrogens (tertiary/aromatic N) is 1. The first-order chi connectivity index (χ1) is 11.3. The standard InChI is InChI=1S/C19H21N3S/c1-20-16-4-2-3-14(13-16)5-7-17(23)8-6-15-9-11-21-19-18(15)10-12-22-19/h2-4,9-13,20H,5-8H2,1H3,(H,21,22). The summed E-state index contributed by atoms with van der Waals surface area (Å²) in [5, 5.41) is 4.38. The molecule has 0 aliphatic carbocycles. The Hall–Kier alpha value is -2.20. The van der Waals surface area contributed by atoms with Crippen LogP contribution in [0.1, 0.15) is 24.0 Å². The number of anilines is 1. The predicted molar refractivity (Wildman–Crippen MR) is 101 cm³/mol. The number of rotatable bonds is 7. The molecule has 0 saturated carbocycles. The van der Waals surface area contributed by atoms with E-state index >= 15 is 0 Å². The van der Waals surface area contributed by atoms with Gasteiger partial charge in [0.2, 0.25) is 0 Å². The van der Waals surface area contributed by atoms with E-state index in [2.05, 4.69) is 51.7 Å². The number of aromatic nitrogens is 2. The van der Waals surface area contributed by atoms with Crippen LogP contribution in [0.3, 0.4) is 0 Å². The number of aryl methyl sites for hydroxylation is 2. The zero-order chi connectivity index (χ0) is 16.1. The van der Waals surface area contributed by atoms with Crippen LogP contribution in [-0.4, -0.2) is 21.9 Å². The van der Waals surface area contributed by atoms with E-state index in [1.165, 1.54) is 16.5 Å². The van der Waals surface area contributed by atoms with Crippen molar-refractivity contribution in [3.05, 3.63) is 59.9 Å². The predicted octanol–water partition coefficient (Wildman–Crippen LogP) is 4.54. The summed E-state index contributed by atoms with van der Waals surface area (Å²) in [4.78, 5) is 8.62. The van der Waals surface area contributed by atoms with E-state index in [4.69, 9.17) is 12.2 Å². The molecule has 0 aliphatic rings. The van der Waals surface area contributed by atoms with Crippen molar-refractivity contribution in [2.75, 3.05) is 12.4 Å². The smallest absolute Gasteiger partial charge is 0.137 e. The highest BCUT2D eigenvalue weighted by molar-refractivity contribution is 7.80. The van der Waals surface area contributed by atoms with Crippen LogP contribution in [0.25, 0.3) is 11.0 Å². The van der Waals surface area contributed by atoms with Gasteiger partial charge in [-0.3, -0.25) is 0 Å². The number of fused-ring (bicyclic) bond motifs is 1. The lowest BCUT2D eigenvalue weighted by Gasteiger charge is -2.07. The third-order valence-corrected chi connectivity index (χ3v) is 4.54. The van der Waals surface area contributed by atoms with Crippen molar-refractivity contribution >= 4 is 33.8 Å². The molecule has 0 fully saturated rings. The van der Waals surface area contributed by atoms with Gasteiger partial charge in [-0.15, -0.1) is 0 Å². The molecule has 3 aromatic rings. The number of H-pyrrole nitrogens is 1. The van der Waals surface area contributed by atoms with E-state index < -0.39 is 0 Å². The zero-order valence-electron chi connectivity index (χ0n) is 13.3. The largest absolute Gasteiger partial charge is 0.388 e. The Bertz CT molecular complexity index is 807. The Kier molecular flexibility index (Phi) is 5.03. The monoisotopic (exact) mass is 323 g/mol. The Morgan fingerprint density at radius 1 is 1.17 bits per heavy atom. The number of hydrogen-bond acceptors (Lipinski definition) is 3. The average molecular weight is 323 g/mol. The van der Waals surface area contributed by atoms with Crippen LogP contribution in [0, 0.1) is 0 Å². The quantitative estimate of drug-likeness (QED) is 0.627. The van der Waals surface area contributed by atoms with Gasteiger partial charge in [0.1, 0.15) is 5.65 Å². The number of nitrogens with one attached hydrogen (secondary N) is 2. The van der Waals surface area contributed by atoms with Gasteiger partial charge in [0.25, 0.3) is 0 Å². The molecule has 3 rings (SSSR count). The van der Waals surface area contributed by atoms with Crippen LogP contribution >= 0.6 is 12.2 Å². The summed E-state index contributed by atoms with van der Waals surface area (Å²) in [6.45, 7) is 0. The Balaban J connectivity index is 1.54. The van der Waals surface area contributed by atoms with Crippen molar-refractivity contribution in [3.8, 4) is 0 Å². The fraction of sp³-hybridized carbons (Fsp3) is 0.263. The summed E-state index contributed by atoms with van der Waals surface area (Å²) in [5.41, 5.74) is 4.75. The third-order valence-electron chi connectivity index (χ3n) is 4.13. The highest BCUT2D eigenvalue weighted by atomic mass is 32.1. The second-order valence-corrected chi connectivity index (χ2v) is 6.28. The first-order valence-corrected chi connectivity index (χ1v) is 8.36. The van der Waals surface area contributed by atoms with Crippen LogP contribution in [0.5, 0.6) is 0 Å². The highest BCUT2D eigenvalue weighted by Gasteiger charge is 2.05. The molecule has 4 heteroatoms. The van der Waals surface area contributed by atoms with Gasteiger partial charge in [-0.1, -0.05) is 24.4 Å². The van der Waals surface area contributed by atoms with E-state index in [0.717, 1.165) is 41.9 Å². The van der Waals surface area contributed by atoms with E-state index in [-0.39, 0.29) is 0 Å². The molecular weight excluding hydrogens is 302 g/mol. The summed E-state index contributed by atoms with van der Waals surface area (Å²) >= 11 is 5.58. The Labute approximate surface area is 142 Å². The minimum absolute atomic E-state index is 0.950. The molecule has 0 amide bonds. The lowest BCUT2D eigenvalue weighted by atomic mass is 10.0. The number of hydrogen-bond donors (Lipinski definition) is 2. The SMILES string of the molecule is CNc1cccc(CCC(=S)CCc2ccnc3[nH]ccc23)c1. The number of aromatic amines is 1. The topological polar surface area (TPSA) is 40.7 Å². The van der Waals surface area contributed by atoms with Crippen molar-refractivity contribution in [3.63, 3.8) is 0 Å². The van der Waals surface area contributed by atoms with Crippen molar-refractivity contribution in [2.45, 2.75) is 25.7 Å². The first kappa shape index (κ1) is 15.7. The summed E-state index contributed by atoms with van der Waals surface area (Å²) in [6, 6.07) is 12.7. The second-order valence-electron chi connectivity index (χ2n) is 5.70. The zero-order valence-corrected chi connectivity index (χ0v) is 14.1. The molecule has 0 saturated heterocycles. The minimum Gasteiger partial charge on any atom is -0.388 e. The molecule has 2 heterocycles. The van der Waals surface area contributed by atoms with Gasteiger partial charge < -0.3 is 10.3 Å². The van der Waals surface area contributed by atoms with E-state index in [9.17, 15) is 0 Å². The van der Waals surface area contributed by atoms with Crippen molar-refractivity contribution in [2.24, 2.45) is 0 Å². The average Bonchev–Trinajstić information content (AvgIpc) is 3.07. The van der Waals surface area contributed by atoms with Crippen LogP contribution in [0.15, 0.2) is 48.8 Å². The van der Waals surface area contributed by atoms with Crippen LogP contribution < -0.4 is 5.32 Å². The molecule has 2 aromatic heterocycles. The third kappa shape index (κ3) is 3.96. The first-order valence-electron chi connectivity index (χ1n) is 7.95. The summed E-state index contributed by atoms with van der Waals surface area (Å²) in [6.07, 6.45) is 7.69. The maximum absolute atomic E-state index is 5.58. The molecule has 118 valence electrons. The van der Waals surface area contributed by atoms with Crippen LogP contribution in [0.2, 0.25) is 0 Å². The van der Waals surface area contributed by atoms with Crippen molar-refractivity contribution in [1.29, 1.82) is 0 Å². The molecule has 1 aromatic carbocycles. The normalized spacial score (nSPS) is 10.8. The summed E-state index contributed by atoms with van der Waals surface area (Å²) in [5.74, 6) is 0. The van der Waals surface area contributed by atoms with Gasteiger partial charge in [-0.05, 0) is 65.9 Å². The lowest BCUT2D eigenvalue weighted by molar-refractivity contribution is 0.979. The molecule has 0 aliphatic heterocycles. The number of pyridine rings is 1. The molecule has 0 spiro atoms. The molecule has 23 heavy (non-hydrogen) atoms. The molecular formula is C19H21N3S. The van der Waals surface area contributed by atoms with E-state index in [1.54, 1.807) is 0 Å². The fourth-order valence-corrected chi connectivity index (χ4v) is 3.01. The summed E-state index contributed by atoms with van der Waals surface area (Å²) < 4.78 is 0. The van der Waals surface area contributed by atoms with Gasteiger partial charge >= 0.3 is 0 Å². The number of benzene rings is 1. The van der Waals surface area contributed by atoms with Gasteiger partial charge in [0, 0.05) is 30.5 Å². The number of thiocarbonyl (C=S) groups is 1. The minimum atomic E-state index is 0.950. The van der Waals surface area contributed by atoms with Crippen molar-refractivity contribution < 1.29 is 0 Å². The summed E-state index contributed by atoms with van der Waals surface area (Å²) in [7, 11) is 1.94. The highest BCUT2D eigenvalue weighted by Crippen LogP contribution is 2.18. The van der Waals surface area contributed by atoms with Crippen molar-refractivity contribution in [1.82, 2.24) is 9.97 Å². The molecule has 0 bridgehead atoms. The second kappa shape index (κ2) is 7.38. The van der Waals surface area contributed by atoms with Gasteiger partial charge in [-0.25, -0.2) is 4.98 Å². The van der Waals surface area contributed by atoms with Gasteiger partial charge in [0.05, 0.1) is 0 Å². The van der Waals surface area contributed by atoms with E-state index in [1.807, 2.05) is 19.4 Å². The molecule has 0 unspecified atom stereocenters. The molecule has 0 atom stereocenters. The van der Waals surface area contributed by atoms with Crippen LogP contribution in [-0.2, 0) is 12.8 Å².